The number of hydrogen-bond donors (Lipinski definition) is 2. The normalized spacial score (nSPS) is 15.3. The summed E-state index contributed by atoms with van der Waals surface area (Å²) in [6.45, 7) is 24.0. The Hall–Kier alpha value is -6.26. The van der Waals surface area contributed by atoms with Crippen molar-refractivity contribution in [1.29, 1.82) is 0 Å². The summed E-state index contributed by atoms with van der Waals surface area (Å²) in [6.07, 6.45) is 6.28. The number of carbonyl (C=O) groups is 2. The molecule has 340 valence electrons. The molecule has 0 radical (unpaired) electrons. The fourth-order valence-corrected chi connectivity index (χ4v) is 7.94. The van der Waals surface area contributed by atoms with Crippen LogP contribution in [0.15, 0.2) is 73.3 Å². The molecule has 2 aromatic carbocycles. The van der Waals surface area contributed by atoms with E-state index in [1.807, 2.05) is 107 Å². The van der Waals surface area contributed by atoms with Crippen LogP contribution in [-0.2, 0) is 17.8 Å². The molecule has 16 heteroatoms. The van der Waals surface area contributed by atoms with Crippen LogP contribution in [0.2, 0.25) is 0 Å². The van der Waals surface area contributed by atoms with E-state index in [1.54, 1.807) is 12.4 Å². The predicted molar refractivity (Wildman–Crippen MR) is 252 cm³/mol. The molecule has 2 amide bonds. The molecule has 16 nitrogen and oxygen atoms in total. The highest BCUT2D eigenvalue weighted by Crippen LogP contribution is 2.30. The van der Waals surface area contributed by atoms with E-state index in [0.29, 0.717) is 13.1 Å². The summed E-state index contributed by atoms with van der Waals surface area (Å²) in [6, 6.07) is 16.3. The molecule has 2 fully saturated rings. The van der Waals surface area contributed by atoms with Gasteiger partial charge >= 0.3 is 12.2 Å². The minimum absolute atomic E-state index is 0.349. The summed E-state index contributed by atoms with van der Waals surface area (Å²) in [5.74, 6) is 1.87. The maximum atomic E-state index is 12.0. The first kappa shape index (κ1) is 45.8. The lowest BCUT2D eigenvalue weighted by molar-refractivity contribution is 0.0523. The molecular formula is C48H64N12O4. The third kappa shape index (κ3) is 10.9. The molecular weight excluding hydrogens is 809 g/mol. The summed E-state index contributed by atoms with van der Waals surface area (Å²) in [4.78, 5) is 44.6. The Morgan fingerprint density at radius 1 is 0.688 bits per heavy atom. The zero-order valence-corrected chi connectivity index (χ0v) is 39.1. The number of aromatic nitrogens is 6. The Kier molecular flexibility index (Phi) is 13.5. The van der Waals surface area contributed by atoms with Gasteiger partial charge in [0, 0.05) is 82.1 Å². The summed E-state index contributed by atoms with van der Waals surface area (Å²) in [5.41, 5.74) is 8.94. The van der Waals surface area contributed by atoms with Crippen LogP contribution in [0.3, 0.4) is 0 Å². The lowest BCUT2D eigenvalue weighted by Crippen LogP contribution is -2.45. The number of nitrogens with one attached hydrogen (secondary N) is 1. The zero-order valence-electron chi connectivity index (χ0n) is 39.1. The van der Waals surface area contributed by atoms with Gasteiger partial charge in [-0.15, -0.1) is 0 Å². The summed E-state index contributed by atoms with van der Waals surface area (Å²) >= 11 is 0. The lowest BCUT2D eigenvalue weighted by atomic mass is 10.00. The van der Waals surface area contributed by atoms with Gasteiger partial charge in [-0.05, 0) is 116 Å². The van der Waals surface area contributed by atoms with Crippen molar-refractivity contribution in [3.8, 4) is 22.5 Å². The molecule has 6 aromatic rings. The third-order valence-corrected chi connectivity index (χ3v) is 11.8. The largest absolute Gasteiger partial charge is 0.465 e. The number of ether oxygens (including phenoxy) is 1. The van der Waals surface area contributed by atoms with Gasteiger partial charge in [0.25, 0.3) is 0 Å². The number of carboxylic acid groups (broad SMARTS) is 1. The maximum absolute atomic E-state index is 12.0. The van der Waals surface area contributed by atoms with Crippen LogP contribution in [0.4, 0.5) is 21.2 Å². The van der Waals surface area contributed by atoms with E-state index in [2.05, 4.69) is 67.4 Å². The van der Waals surface area contributed by atoms with Gasteiger partial charge < -0.3 is 34.8 Å². The average Bonchev–Trinajstić information content (AvgIpc) is 3.92. The minimum atomic E-state index is -0.913. The molecule has 2 saturated heterocycles. The van der Waals surface area contributed by atoms with Gasteiger partial charge in [0.15, 0.2) is 0 Å². The molecule has 64 heavy (non-hydrogen) atoms. The molecule has 0 atom stereocenters. The molecule has 6 heterocycles. The Balaban J connectivity index is 0.000000191. The van der Waals surface area contributed by atoms with Crippen molar-refractivity contribution in [3.63, 3.8) is 0 Å². The molecule has 2 N–H and O–H groups in total. The summed E-state index contributed by atoms with van der Waals surface area (Å²) < 4.78 is 9.13. The number of alkyl carbamates (subject to hydrolysis) is 1. The Morgan fingerprint density at radius 2 is 1.14 bits per heavy atom. The van der Waals surface area contributed by atoms with Crippen molar-refractivity contribution in [2.75, 3.05) is 76.3 Å². The summed E-state index contributed by atoms with van der Waals surface area (Å²) in [5, 5.41) is 21.4. The van der Waals surface area contributed by atoms with Crippen molar-refractivity contribution < 1.29 is 19.4 Å². The number of fused-ring (bicyclic) bond motifs is 2. The van der Waals surface area contributed by atoms with Crippen molar-refractivity contribution in [2.45, 2.75) is 79.6 Å². The van der Waals surface area contributed by atoms with E-state index in [4.69, 9.17) is 14.7 Å². The molecule has 0 saturated carbocycles. The Labute approximate surface area is 376 Å². The number of piperazine rings is 2. The molecule has 0 spiro atoms. The number of amides is 2. The van der Waals surface area contributed by atoms with Crippen LogP contribution in [0, 0.1) is 13.8 Å². The zero-order chi connectivity index (χ0) is 45.9. The fraction of sp³-hybridized carbons (Fsp3) is 0.458. The molecule has 0 unspecified atom stereocenters. The van der Waals surface area contributed by atoms with Gasteiger partial charge in [-0.25, -0.2) is 28.6 Å². The van der Waals surface area contributed by atoms with Crippen molar-refractivity contribution in [3.05, 3.63) is 95.6 Å². The third-order valence-electron chi connectivity index (χ3n) is 11.8. The average molecular weight is 873 g/mol. The minimum Gasteiger partial charge on any atom is -0.465 e. The van der Waals surface area contributed by atoms with Gasteiger partial charge in [-0.1, -0.05) is 24.3 Å². The Morgan fingerprint density at radius 3 is 1.55 bits per heavy atom. The second-order valence-electron chi connectivity index (χ2n) is 19.0. The van der Waals surface area contributed by atoms with Crippen LogP contribution < -0.4 is 15.1 Å². The van der Waals surface area contributed by atoms with Crippen molar-refractivity contribution >= 4 is 34.9 Å². The van der Waals surface area contributed by atoms with Gasteiger partial charge in [-0.3, -0.25) is 4.90 Å². The molecule has 2 aliphatic rings. The lowest BCUT2D eigenvalue weighted by Gasteiger charge is -2.33. The number of anilines is 2. The van der Waals surface area contributed by atoms with E-state index < -0.39 is 23.3 Å². The number of likely N-dealkylation sites (N-methyl/N-ethyl adjacent to an activating group) is 2. The number of carbonyl (C=O) groups excluding carboxylic acids is 1. The maximum Gasteiger partial charge on any atom is 0.408 e. The molecule has 8 rings (SSSR count). The highest BCUT2D eigenvalue weighted by Gasteiger charge is 2.27. The quantitative estimate of drug-likeness (QED) is 0.159. The summed E-state index contributed by atoms with van der Waals surface area (Å²) in [7, 11) is 4.29. The van der Waals surface area contributed by atoms with Crippen LogP contribution in [0.25, 0.3) is 33.5 Å². The first-order chi connectivity index (χ1) is 30.3. The Bertz CT molecular complexity index is 2590. The van der Waals surface area contributed by atoms with Crippen molar-refractivity contribution in [1.82, 2.24) is 49.2 Å². The van der Waals surface area contributed by atoms with Crippen LogP contribution in [0.1, 0.15) is 63.8 Å². The van der Waals surface area contributed by atoms with Gasteiger partial charge in [-0.2, -0.15) is 10.2 Å². The molecule has 4 aromatic heterocycles. The van der Waals surface area contributed by atoms with Crippen LogP contribution in [0.5, 0.6) is 0 Å². The molecule has 0 aliphatic carbocycles. The van der Waals surface area contributed by atoms with E-state index in [9.17, 15) is 14.7 Å². The molecule has 0 bridgehead atoms. The number of aryl methyl sites for hydroxylation is 2. The number of rotatable bonds is 8. The van der Waals surface area contributed by atoms with Gasteiger partial charge in [0.2, 0.25) is 0 Å². The first-order valence-electron chi connectivity index (χ1n) is 22.1. The van der Waals surface area contributed by atoms with Crippen molar-refractivity contribution in [2.24, 2.45) is 0 Å². The van der Waals surface area contributed by atoms with Gasteiger partial charge in [0.05, 0.1) is 47.2 Å². The SMILES string of the molecule is Cc1cc(-c2nc(N3CCN(C)CC3)cn3nccc23)ccc1CN(C(=O)O)C(C)(C)C.Cc1cc(-c2nc(N3CCN(C)CC3)cn3nccc23)ccc1CNC(=O)OC(C)(C)C. The molecule has 2 aliphatic heterocycles. The standard InChI is InChI=1S/2C24H32N6O2/c1-17-14-18(6-7-19(17)15-25-23(31)32-24(2,3)4)22-20-8-9-26-30(20)16-21(27-22)29-12-10-28(5)11-13-29;1-17-14-18(6-7-19(17)15-29(23(31)32)24(2,3)4)22-20-8-9-25-30(20)16-21(26-22)28-12-10-27(5)11-13-28/h6-9,14,16H,10-13,15H2,1-5H3,(H,25,31);6-9,14,16H,10-13,15H2,1-5H3,(H,31,32). The van der Waals surface area contributed by atoms with E-state index in [1.165, 1.54) is 4.90 Å². The monoisotopic (exact) mass is 873 g/mol. The van der Waals surface area contributed by atoms with E-state index >= 15 is 0 Å². The van der Waals surface area contributed by atoms with Gasteiger partial charge in [0.1, 0.15) is 17.2 Å². The topological polar surface area (TPSA) is 152 Å². The van der Waals surface area contributed by atoms with Crippen LogP contribution in [-0.4, -0.2) is 139 Å². The fourth-order valence-electron chi connectivity index (χ4n) is 7.94. The first-order valence-corrected chi connectivity index (χ1v) is 22.1. The van der Waals surface area contributed by atoms with E-state index in [-0.39, 0.29) is 0 Å². The smallest absolute Gasteiger partial charge is 0.408 e. The second kappa shape index (κ2) is 18.8. The highest BCUT2D eigenvalue weighted by atomic mass is 16.6. The second-order valence-corrected chi connectivity index (χ2v) is 19.0. The number of benzene rings is 2. The van der Waals surface area contributed by atoms with E-state index in [0.717, 1.165) is 120 Å². The predicted octanol–water partition coefficient (Wildman–Crippen LogP) is 7.22. The van der Waals surface area contributed by atoms with Crippen LogP contribution >= 0.6 is 0 Å². The number of hydrogen-bond acceptors (Lipinski definition) is 11. The highest BCUT2D eigenvalue weighted by molar-refractivity contribution is 5.80. The number of nitrogens with zero attached hydrogens (tertiary/aromatic N) is 11.